The first-order chi connectivity index (χ1) is 12.8. The van der Waals surface area contributed by atoms with E-state index in [2.05, 4.69) is 31.8 Å². The molecule has 0 saturated carbocycles. The van der Waals surface area contributed by atoms with Gasteiger partial charge in [0.2, 0.25) is 10.0 Å². The molecule has 27 heavy (non-hydrogen) atoms. The first-order valence-electron chi connectivity index (χ1n) is 9.23. The van der Waals surface area contributed by atoms with Crippen LogP contribution in [-0.4, -0.2) is 44.6 Å². The van der Waals surface area contributed by atoms with E-state index in [9.17, 15) is 8.42 Å². The standard InChI is InChI=1S/C18H27N5O2S2/c1-13-5-4-8-23(11-13)18-10-17(20-12-21-18)19-6-7-22-27(24,25)16-9-14(2)26-15(16)3/h9-10,12-13,22H,4-8,11H2,1-3H3,(H,19,20,21). The maximum absolute atomic E-state index is 12.4. The first-order valence-corrected chi connectivity index (χ1v) is 11.5. The summed E-state index contributed by atoms with van der Waals surface area (Å²) in [4.78, 5) is 13.1. The Kier molecular flexibility index (Phi) is 6.33. The number of anilines is 2. The van der Waals surface area contributed by atoms with E-state index in [1.807, 2.05) is 19.9 Å². The Hall–Kier alpha value is -1.71. The monoisotopic (exact) mass is 409 g/mol. The molecular weight excluding hydrogens is 382 g/mol. The highest BCUT2D eigenvalue weighted by atomic mass is 32.2. The third-order valence-electron chi connectivity index (χ3n) is 4.64. The summed E-state index contributed by atoms with van der Waals surface area (Å²) in [5.41, 5.74) is 0. The second-order valence-corrected chi connectivity index (χ2v) is 10.3. The Labute approximate surface area is 165 Å². The molecule has 9 heteroatoms. The van der Waals surface area contributed by atoms with E-state index in [-0.39, 0.29) is 6.54 Å². The molecule has 0 aliphatic carbocycles. The molecule has 7 nitrogen and oxygen atoms in total. The number of nitrogens with zero attached hydrogens (tertiary/aromatic N) is 3. The molecule has 1 saturated heterocycles. The van der Waals surface area contributed by atoms with Crippen LogP contribution in [0.15, 0.2) is 23.4 Å². The third-order valence-corrected chi connectivity index (χ3v) is 7.32. The lowest BCUT2D eigenvalue weighted by atomic mass is 10.0. The SMILES string of the molecule is Cc1cc(S(=O)(=O)NCCNc2cc(N3CCCC(C)C3)ncn2)c(C)s1. The van der Waals surface area contributed by atoms with Gasteiger partial charge in [0.05, 0.1) is 4.90 Å². The van der Waals surface area contributed by atoms with Crippen molar-refractivity contribution in [1.29, 1.82) is 0 Å². The number of hydrogen-bond donors (Lipinski definition) is 2. The number of hydrogen-bond acceptors (Lipinski definition) is 7. The number of aromatic nitrogens is 2. The zero-order valence-electron chi connectivity index (χ0n) is 16.0. The van der Waals surface area contributed by atoms with Crippen LogP contribution in [0.5, 0.6) is 0 Å². The molecule has 1 fully saturated rings. The maximum Gasteiger partial charge on any atom is 0.241 e. The van der Waals surface area contributed by atoms with Crippen molar-refractivity contribution in [2.75, 3.05) is 36.4 Å². The fourth-order valence-corrected chi connectivity index (χ4v) is 5.93. The number of piperidine rings is 1. The van der Waals surface area contributed by atoms with Crippen molar-refractivity contribution in [2.45, 2.75) is 38.5 Å². The van der Waals surface area contributed by atoms with Gasteiger partial charge in [-0.25, -0.2) is 23.1 Å². The van der Waals surface area contributed by atoms with Crippen molar-refractivity contribution in [2.24, 2.45) is 5.92 Å². The molecule has 0 radical (unpaired) electrons. The summed E-state index contributed by atoms with van der Waals surface area (Å²) in [6.07, 6.45) is 3.99. The zero-order valence-corrected chi connectivity index (χ0v) is 17.7. The van der Waals surface area contributed by atoms with E-state index in [0.717, 1.165) is 28.7 Å². The molecule has 1 aliphatic rings. The van der Waals surface area contributed by atoms with Crippen molar-refractivity contribution < 1.29 is 8.42 Å². The van der Waals surface area contributed by atoms with E-state index in [4.69, 9.17) is 0 Å². The maximum atomic E-state index is 12.4. The lowest BCUT2D eigenvalue weighted by Gasteiger charge is -2.31. The molecule has 0 amide bonds. The van der Waals surface area contributed by atoms with Crippen LogP contribution >= 0.6 is 11.3 Å². The van der Waals surface area contributed by atoms with Crippen LogP contribution in [-0.2, 0) is 10.0 Å². The number of thiophene rings is 1. The van der Waals surface area contributed by atoms with Gasteiger partial charge in [-0.2, -0.15) is 0 Å². The van der Waals surface area contributed by atoms with Crippen LogP contribution in [0.4, 0.5) is 11.6 Å². The number of sulfonamides is 1. The van der Waals surface area contributed by atoms with E-state index >= 15 is 0 Å². The highest BCUT2D eigenvalue weighted by molar-refractivity contribution is 7.89. The molecule has 0 spiro atoms. The lowest BCUT2D eigenvalue weighted by molar-refractivity contribution is 0.444. The summed E-state index contributed by atoms with van der Waals surface area (Å²) >= 11 is 1.49. The van der Waals surface area contributed by atoms with Gasteiger partial charge in [-0.15, -0.1) is 11.3 Å². The lowest BCUT2D eigenvalue weighted by Crippen LogP contribution is -2.35. The summed E-state index contributed by atoms with van der Waals surface area (Å²) in [7, 11) is -3.48. The molecule has 3 heterocycles. The average Bonchev–Trinajstić information content (AvgIpc) is 2.98. The van der Waals surface area contributed by atoms with Crippen molar-refractivity contribution in [1.82, 2.24) is 14.7 Å². The minimum absolute atomic E-state index is 0.288. The van der Waals surface area contributed by atoms with Gasteiger partial charge in [0, 0.05) is 42.0 Å². The highest BCUT2D eigenvalue weighted by Crippen LogP contribution is 2.25. The van der Waals surface area contributed by atoms with E-state index in [1.165, 1.54) is 24.2 Å². The van der Waals surface area contributed by atoms with Crippen LogP contribution in [0.3, 0.4) is 0 Å². The summed E-state index contributed by atoms with van der Waals surface area (Å²) in [6.45, 7) is 8.76. The molecule has 1 aliphatic heterocycles. The third kappa shape index (κ3) is 5.18. The topological polar surface area (TPSA) is 87.2 Å². The minimum atomic E-state index is -3.48. The van der Waals surface area contributed by atoms with Crippen LogP contribution in [0.1, 0.15) is 29.5 Å². The van der Waals surface area contributed by atoms with Crippen LogP contribution in [0, 0.1) is 19.8 Å². The van der Waals surface area contributed by atoms with Crippen molar-refractivity contribution in [3.05, 3.63) is 28.2 Å². The van der Waals surface area contributed by atoms with Crippen molar-refractivity contribution >= 4 is 33.0 Å². The molecule has 1 unspecified atom stereocenters. The Morgan fingerprint density at radius 1 is 1.26 bits per heavy atom. The predicted molar refractivity (Wildman–Crippen MR) is 110 cm³/mol. The highest BCUT2D eigenvalue weighted by Gasteiger charge is 2.19. The number of aryl methyl sites for hydroxylation is 2. The summed E-state index contributed by atoms with van der Waals surface area (Å²) in [5.74, 6) is 2.30. The molecule has 3 rings (SSSR count). The van der Waals surface area contributed by atoms with Gasteiger partial charge in [-0.05, 0) is 38.7 Å². The summed E-state index contributed by atoms with van der Waals surface area (Å²) in [5, 5.41) is 3.18. The van der Waals surface area contributed by atoms with Crippen LogP contribution in [0.25, 0.3) is 0 Å². The zero-order chi connectivity index (χ0) is 19.4. The second-order valence-electron chi connectivity index (χ2n) is 7.06. The Bertz CT molecular complexity index is 882. The van der Waals surface area contributed by atoms with Gasteiger partial charge < -0.3 is 10.2 Å². The van der Waals surface area contributed by atoms with Crippen molar-refractivity contribution in [3.63, 3.8) is 0 Å². The summed E-state index contributed by atoms with van der Waals surface area (Å²) in [6, 6.07) is 3.64. The van der Waals surface area contributed by atoms with Gasteiger partial charge in [0.25, 0.3) is 0 Å². The van der Waals surface area contributed by atoms with Crippen LogP contribution < -0.4 is 14.9 Å². The quantitative estimate of drug-likeness (QED) is 0.684. The van der Waals surface area contributed by atoms with Gasteiger partial charge >= 0.3 is 0 Å². The van der Waals surface area contributed by atoms with Gasteiger partial charge in [0.1, 0.15) is 18.0 Å². The van der Waals surface area contributed by atoms with Crippen molar-refractivity contribution in [3.8, 4) is 0 Å². The second kappa shape index (κ2) is 8.53. The molecule has 0 bridgehead atoms. The van der Waals surface area contributed by atoms with E-state index < -0.39 is 10.0 Å². The van der Waals surface area contributed by atoms with Gasteiger partial charge in [-0.3, -0.25) is 0 Å². The van der Waals surface area contributed by atoms with Crippen LogP contribution in [0.2, 0.25) is 0 Å². The van der Waals surface area contributed by atoms with E-state index in [0.29, 0.717) is 23.2 Å². The fourth-order valence-electron chi connectivity index (χ4n) is 3.34. The number of nitrogens with one attached hydrogen (secondary N) is 2. The smallest absolute Gasteiger partial charge is 0.241 e. The first kappa shape index (κ1) is 20.0. The Balaban J connectivity index is 1.53. The number of rotatable bonds is 7. The molecule has 1 atom stereocenters. The molecular formula is C18H27N5O2S2. The largest absolute Gasteiger partial charge is 0.369 e. The molecule has 2 N–H and O–H groups in total. The fraction of sp³-hybridized carbons (Fsp3) is 0.556. The molecule has 2 aromatic heterocycles. The summed E-state index contributed by atoms with van der Waals surface area (Å²) < 4.78 is 27.5. The normalized spacial score (nSPS) is 17.9. The average molecular weight is 410 g/mol. The van der Waals surface area contributed by atoms with Gasteiger partial charge in [0.15, 0.2) is 0 Å². The molecule has 148 valence electrons. The Morgan fingerprint density at radius 3 is 2.78 bits per heavy atom. The molecule has 0 aromatic carbocycles. The molecule has 2 aromatic rings. The predicted octanol–water partition coefficient (Wildman–Crippen LogP) is 2.78. The Morgan fingerprint density at radius 2 is 2.07 bits per heavy atom. The van der Waals surface area contributed by atoms with Gasteiger partial charge in [-0.1, -0.05) is 6.92 Å². The minimum Gasteiger partial charge on any atom is -0.369 e. The van der Waals surface area contributed by atoms with E-state index in [1.54, 1.807) is 12.4 Å².